The van der Waals surface area contributed by atoms with Crippen molar-refractivity contribution in [2.45, 2.75) is 0 Å². The van der Waals surface area contributed by atoms with Crippen LogP contribution in [0, 0.1) is 22.7 Å². The number of methoxy groups -OCH3 is 1. The maximum atomic E-state index is 11.6. The first kappa shape index (κ1) is 13.1. The number of aromatic nitrogens is 2. The summed E-state index contributed by atoms with van der Waals surface area (Å²) in [6, 6.07) is 8.44. The van der Waals surface area contributed by atoms with E-state index in [2.05, 4.69) is 9.72 Å². The Morgan fingerprint density at radius 1 is 1.40 bits per heavy atom. The number of hydrogen-bond donors (Lipinski definition) is 1. The van der Waals surface area contributed by atoms with Gasteiger partial charge in [0.05, 0.1) is 24.0 Å². The van der Waals surface area contributed by atoms with Crippen LogP contribution in [0.3, 0.4) is 0 Å². The molecule has 0 aliphatic rings. The summed E-state index contributed by atoms with van der Waals surface area (Å²) in [4.78, 5) is 15.4. The maximum absolute atomic E-state index is 11.6. The molecule has 0 fully saturated rings. The summed E-state index contributed by atoms with van der Waals surface area (Å²) < 4.78 is 5.99. The zero-order valence-electron chi connectivity index (χ0n) is 10.5. The number of para-hydroxylation sites is 1. The molecule has 7 heteroatoms. The molecule has 0 aliphatic heterocycles. The molecule has 0 saturated heterocycles. The van der Waals surface area contributed by atoms with E-state index in [-0.39, 0.29) is 22.6 Å². The predicted molar refractivity (Wildman–Crippen MR) is 68.7 cm³/mol. The van der Waals surface area contributed by atoms with E-state index in [1.165, 1.54) is 24.1 Å². The van der Waals surface area contributed by atoms with Crippen LogP contribution in [0.2, 0.25) is 0 Å². The van der Waals surface area contributed by atoms with E-state index in [4.69, 9.17) is 16.3 Å². The molecule has 2 aromatic rings. The second-order valence-corrected chi connectivity index (χ2v) is 3.77. The van der Waals surface area contributed by atoms with Crippen molar-refractivity contribution >= 4 is 11.7 Å². The van der Waals surface area contributed by atoms with Crippen molar-refractivity contribution in [1.82, 2.24) is 9.55 Å². The summed E-state index contributed by atoms with van der Waals surface area (Å²) >= 11 is 0. The quantitative estimate of drug-likeness (QED) is 0.640. The number of nitrogens with zero attached hydrogens (tertiary/aromatic N) is 4. The largest absolute Gasteiger partial charge is 0.465 e. The molecule has 2 rings (SSSR count). The Labute approximate surface area is 114 Å². The van der Waals surface area contributed by atoms with Gasteiger partial charge in [-0.05, 0) is 12.1 Å². The molecular weight excluding hydrogens is 258 g/mol. The third kappa shape index (κ3) is 1.93. The van der Waals surface area contributed by atoms with E-state index < -0.39 is 5.97 Å². The van der Waals surface area contributed by atoms with Crippen molar-refractivity contribution in [2.24, 2.45) is 0 Å². The average molecular weight is 267 g/mol. The van der Waals surface area contributed by atoms with Gasteiger partial charge in [-0.25, -0.2) is 9.78 Å². The van der Waals surface area contributed by atoms with Crippen molar-refractivity contribution < 1.29 is 9.53 Å². The third-order valence-electron chi connectivity index (χ3n) is 2.73. The molecule has 7 nitrogen and oxygen atoms in total. The van der Waals surface area contributed by atoms with Gasteiger partial charge in [-0.1, -0.05) is 6.07 Å². The number of carbonyl (C=O) groups excluding carboxylic acids is 1. The molecule has 0 aliphatic carbocycles. The number of rotatable bonds is 2. The van der Waals surface area contributed by atoms with Crippen LogP contribution in [0.25, 0.3) is 5.69 Å². The van der Waals surface area contributed by atoms with Crippen LogP contribution in [0.15, 0.2) is 24.5 Å². The predicted octanol–water partition coefficient (Wildman–Crippen LogP) is 0.984. The molecule has 0 bridgehead atoms. The number of imidazole rings is 1. The molecule has 1 aromatic heterocycles. The number of nitriles is 2. The van der Waals surface area contributed by atoms with Crippen molar-refractivity contribution in [3.8, 4) is 17.8 Å². The number of esters is 1. The lowest BCUT2D eigenvalue weighted by atomic mass is 10.1. The van der Waals surface area contributed by atoms with Crippen LogP contribution >= 0.6 is 0 Å². The second-order valence-electron chi connectivity index (χ2n) is 3.77. The number of benzene rings is 1. The first-order valence-electron chi connectivity index (χ1n) is 5.48. The standard InChI is InChI=1S/C13H9N5O2/c1-20-13(19)8-3-2-4-10(12(8)16)18-7-17-9(5-14)11(18)6-15/h2-4,7H,16H2,1H3. The van der Waals surface area contributed by atoms with E-state index in [0.29, 0.717) is 5.69 Å². The van der Waals surface area contributed by atoms with Gasteiger partial charge in [-0.15, -0.1) is 0 Å². The molecule has 0 unspecified atom stereocenters. The number of nitrogen functional groups attached to an aromatic ring is 1. The summed E-state index contributed by atoms with van der Waals surface area (Å²) in [6.07, 6.45) is 1.31. The molecule has 1 heterocycles. The van der Waals surface area contributed by atoms with E-state index in [1.54, 1.807) is 12.1 Å². The Kier molecular flexibility index (Phi) is 3.36. The van der Waals surface area contributed by atoms with Gasteiger partial charge in [0.15, 0.2) is 11.4 Å². The molecular formula is C13H9N5O2. The number of ether oxygens (including phenoxy) is 1. The van der Waals surface area contributed by atoms with Crippen LogP contribution in [0.1, 0.15) is 21.7 Å². The van der Waals surface area contributed by atoms with Gasteiger partial charge in [-0.3, -0.25) is 4.57 Å². The highest BCUT2D eigenvalue weighted by Crippen LogP contribution is 2.24. The van der Waals surface area contributed by atoms with Gasteiger partial charge in [0.1, 0.15) is 18.5 Å². The first-order chi connectivity index (χ1) is 9.63. The number of hydrogen-bond acceptors (Lipinski definition) is 6. The van der Waals surface area contributed by atoms with Crippen LogP contribution in [0.4, 0.5) is 5.69 Å². The molecule has 0 amide bonds. The van der Waals surface area contributed by atoms with Gasteiger partial charge in [0.25, 0.3) is 0 Å². The van der Waals surface area contributed by atoms with Crippen LogP contribution < -0.4 is 5.73 Å². The Bertz CT molecular complexity index is 764. The zero-order valence-corrected chi connectivity index (χ0v) is 10.5. The van der Waals surface area contributed by atoms with Gasteiger partial charge in [0.2, 0.25) is 0 Å². The lowest BCUT2D eigenvalue weighted by molar-refractivity contribution is 0.0602. The Balaban J connectivity index is 2.67. The smallest absolute Gasteiger partial charge is 0.340 e. The molecule has 0 saturated carbocycles. The van der Waals surface area contributed by atoms with E-state index in [1.807, 2.05) is 12.1 Å². The highest BCUT2D eigenvalue weighted by Gasteiger charge is 2.17. The Morgan fingerprint density at radius 2 is 2.15 bits per heavy atom. The Morgan fingerprint density at radius 3 is 2.75 bits per heavy atom. The summed E-state index contributed by atoms with van der Waals surface area (Å²) in [5.74, 6) is -0.580. The minimum atomic E-state index is -0.580. The van der Waals surface area contributed by atoms with Gasteiger partial charge in [-0.2, -0.15) is 10.5 Å². The van der Waals surface area contributed by atoms with Crippen LogP contribution in [0.5, 0.6) is 0 Å². The molecule has 0 atom stereocenters. The minimum absolute atomic E-state index is 0.00429. The molecule has 0 radical (unpaired) electrons. The topological polar surface area (TPSA) is 118 Å². The van der Waals surface area contributed by atoms with Crippen molar-refractivity contribution in [2.75, 3.05) is 12.8 Å². The summed E-state index contributed by atoms with van der Waals surface area (Å²) in [6.45, 7) is 0. The monoisotopic (exact) mass is 267 g/mol. The fourth-order valence-electron chi connectivity index (χ4n) is 1.77. The van der Waals surface area contributed by atoms with Gasteiger partial charge >= 0.3 is 5.97 Å². The van der Waals surface area contributed by atoms with E-state index in [0.717, 1.165) is 0 Å². The number of anilines is 1. The fraction of sp³-hybridized carbons (Fsp3) is 0.0769. The molecule has 2 N–H and O–H groups in total. The summed E-state index contributed by atoms with van der Waals surface area (Å²) in [5, 5.41) is 18.0. The SMILES string of the molecule is COC(=O)c1cccc(-n2cnc(C#N)c2C#N)c1N. The molecule has 20 heavy (non-hydrogen) atoms. The Hall–Kier alpha value is -3.32. The van der Waals surface area contributed by atoms with Crippen molar-refractivity contribution in [3.05, 3.63) is 41.5 Å². The normalized spacial score (nSPS) is 9.55. The highest BCUT2D eigenvalue weighted by molar-refractivity contribution is 5.97. The van der Waals surface area contributed by atoms with E-state index in [9.17, 15) is 4.79 Å². The van der Waals surface area contributed by atoms with Crippen molar-refractivity contribution in [1.29, 1.82) is 10.5 Å². The van der Waals surface area contributed by atoms with Gasteiger partial charge < -0.3 is 10.5 Å². The first-order valence-corrected chi connectivity index (χ1v) is 5.48. The maximum Gasteiger partial charge on any atom is 0.340 e. The van der Waals surface area contributed by atoms with Crippen LogP contribution in [-0.4, -0.2) is 22.6 Å². The molecule has 1 aromatic carbocycles. The lowest BCUT2D eigenvalue weighted by Crippen LogP contribution is -2.09. The average Bonchev–Trinajstić information content (AvgIpc) is 2.89. The van der Waals surface area contributed by atoms with Crippen molar-refractivity contribution in [3.63, 3.8) is 0 Å². The molecule has 0 spiro atoms. The number of carbonyl (C=O) groups is 1. The summed E-state index contributed by atoms with van der Waals surface area (Å²) in [7, 11) is 1.25. The van der Waals surface area contributed by atoms with Crippen LogP contribution in [-0.2, 0) is 4.74 Å². The minimum Gasteiger partial charge on any atom is -0.465 e. The number of nitrogens with two attached hydrogens (primary N) is 1. The summed E-state index contributed by atoms with van der Waals surface area (Å²) in [5.41, 5.74) is 6.70. The van der Waals surface area contributed by atoms with E-state index >= 15 is 0 Å². The molecule has 98 valence electrons. The fourth-order valence-corrected chi connectivity index (χ4v) is 1.77. The third-order valence-corrected chi connectivity index (χ3v) is 2.73. The second kappa shape index (κ2) is 5.12. The zero-order chi connectivity index (χ0) is 14.7. The highest BCUT2D eigenvalue weighted by atomic mass is 16.5. The van der Waals surface area contributed by atoms with Gasteiger partial charge in [0, 0.05) is 0 Å². The lowest BCUT2D eigenvalue weighted by Gasteiger charge is -2.10.